The number of carbonyl (C=O) groups excluding carboxylic acids is 2. The number of rotatable bonds is 6. The van der Waals surface area contributed by atoms with Crippen molar-refractivity contribution in [2.24, 2.45) is 11.7 Å². The van der Waals surface area contributed by atoms with Crippen molar-refractivity contribution < 1.29 is 14.0 Å². The SMILES string of the molecule is Cc1cccc(C(=O)NCC(Cc2ccc(F)cc2)C(N)=O)c1I. The Bertz CT molecular complexity index is 747. The molecular weight excluding hydrogens is 422 g/mol. The molecule has 126 valence electrons. The first-order valence-corrected chi connectivity index (χ1v) is 8.53. The molecule has 0 radical (unpaired) electrons. The van der Waals surface area contributed by atoms with Crippen LogP contribution in [0.25, 0.3) is 0 Å². The Morgan fingerprint density at radius 1 is 1.21 bits per heavy atom. The van der Waals surface area contributed by atoms with Gasteiger partial charge in [-0.25, -0.2) is 4.39 Å². The molecule has 2 amide bonds. The maximum Gasteiger partial charge on any atom is 0.252 e. The molecular formula is C18H18FIN2O2. The van der Waals surface area contributed by atoms with Gasteiger partial charge in [0.15, 0.2) is 0 Å². The van der Waals surface area contributed by atoms with Crippen LogP contribution in [0.2, 0.25) is 0 Å². The number of carbonyl (C=O) groups is 2. The molecule has 0 spiro atoms. The molecule has 1 atom stereocenters. The van der Waals surface area contributed by atoms with Gasteiger partial charge in [-0.2, -0.15) is 0 Å². The summed E-state index contributed by atoms with van der Waals surface area (Å²) >= 11 is 2.12. The number of nitrogens with one attached hydrogen (secondary N) is 1. The smallest absolute Gasteiger partial charge is 0.252 e. The van der Waals surface area contributed by atoms with E-state index in [4.69, 9.17) is 5.73 Å². The zero-order valence-corrected chi connectivity index (χ0v) is 15.3. The molecule has 2 aromatic rings. The molecule has 0 saturated carbocycles. The molecule has 24 heavy (non-hydrogen) atoms. The average Bonchev–Trinajstić information content (AvgIpc) is 2.55. The number of hydrogen-bond acceptors (Lipinski definition) is 2. The van der Waals surface area contributed by atoms with E-state index in [1.54, 1.807) is 18.2 Å². The van der Waals surface area contributed by atoms with Gasteiger partial charge in [-0.15, -0.1) is 0 Å². The van der Waals surface area contributed by atoms with E-state index in [0.717, 1.165) is 14.7 Å². The van der Waals surface area contributed by atoms with Crippen molar-refractivity contribution in [2.45, 2.75) is 13.3 Å². The topological polar surface area (TPSA) is 72.2 Å². The van der Waals surface area contributed by atoms with Crippen LogP contribution < -0.4 is 11.1 Å². The highest BCUT2D eigenvalue weighted by atomic mass is 127. The van der Waals surface area contributed by atoms with Crippen LogP contribution in [0, 0.1) is 22.2 Å². The number of nitrogens with two attached hydrogens (primary N) is 1. The highest BCUT2D eigenvalue weighted by molar-refractivity contribution is 14.1. The van der Waals surface area contributed by atoms with E-state index in [2.05, 4.69) is 27.9 Å². The van der Waals surface area contributed by atoms with E-state index < -0.39 is 11.8 Å². The minimum atomic E-state index is -0.554. The fourth-order valence-corrected chi connectivity index (χ4v) is 2.92. The van der Waals surface area contributed by atoms with E-state index in [0.29, 0.717) is 12.0 Å². The second-order valence-corrected chi connectivity index (χ2v) is 6.66. The van der Waals surface area contributed by atoms with Crippen molar-refractivity contribution in [2.75, 3.05) is 6.54 Å². The molecule has 0 saturated heterocycles. The summed E-state index contributed by atoms with van der Waals surface area (Å²) in [7, 11) is 0. The van der Waals surface area contributed by atoms with Gasteiger partial charge in [0.05, 0.1) is 11.5 Å². The van der Waals surface area contributed by atoms with Gasteiger partial charge in [0.2, 0.25) is 5.91 Å². The number of halogens is 2. The van der Waals surface area contributed by atoms with E-state index in [1.807, 2.05) is 19.1 Å². The van der Waals surface area contributed by atoms with E-state index in [1.165, 1.54) is 12.1 Å². The van der Waals surface area contributed by atoms with Gasteiger partial charge in [-0.1, -0.05) is 24.3 Å². The fraction of sp³-hybridized carbons (Fsp3) is 0.222. The first-order chi connectivity index (χ1) is 11.4. The van der Waals surface area contributed by atoms with Crippen LogP contribution in [0.3, 0.4) is 0 Å². The fourth-order valence-electron chi connectivity index (χ4n) is 2.31. The maximum absolute atomic E-state index is 12.9. The molecule has 4 nitrogen and oxygen atoms in total. The first-order valence-electron chi connectivity index (χ1n) is 7.45. The van der Waals surface area contributed by atoms with Crippen LogP contribution in [0.4, 0.5) is 4.39 Å². The molecule has 0 aliphatic carbocycles. The summed E-state index contributed by atoms with van der Waals surface area (Å²) in [4.78, 5) is 24.0. The van der Waals surface area contributed by atoms with Crippen LogP contribution >= 0.6 is 22.6 Å². The molecule has 6 heteroatoms. The van der Waals surface area contributed by atoms with Crippen LogP contribution in [0.1, 0.15) is 21.5 Å². The molecule has 0 bridgehead atoms. The lowest BCUT2D eigenvalue weighted by molar-refractivity contribution is -0.121. The summed E-state index contributed by atoms with van der Waals surface area (Å²) in [6.07, 6.45) is 0.348. The van der Waals surface area contributed by atoms with Gasteiger partial charge in [0, 0.05) is 10.1 Å². The standard InChI is InChI=1S/C18H18FIN2O2/c1-11-3-2-4-15(16(11)20)18(24)22-10-13(17(21)23)9-12-5-7-14(19)8-6-12/h2-8,13H,9-10H2,1H3,(H2,21,23)(H,22,24). The predicted molar refractivity (Wildman–Crippen MR) is 99.0 cm³/mol. The lowest BCUT2D eigenvalue weighted by Gasteiger charge is -2.15. The van der Waals surface area contributed by atoms with Crippen LogP contribution in [0.5, 0.6) is 0 Å². The average molecular weight is 440 g/mol. The minimum Gasteiger partial charge on any atom is -0.369 e. The van der Waals surface area contributed by atoms with Crippen molar-refractivity contribution in [3.63, 3.8) is 0 Å². The Morgan fingerprint density at radius 2 is 1.88 bits per heavy atom. The zero-order valence-electron chi connectivity index (χ0n) is 13.2. The monoisotopic (exact) mass is 440 g/mol. The van der Waals surface area contributed by atoms with Gasteiger partial charge >= 0.3 is 0 Å². The Morgan fingerprint density at radius 3 is 2.50 bits per heavy atom. The third-order valence-corrected chi connectivity index (χ3v) is 5.18. The summed E-state index contributed by atoms with van der Waals surface area (Å²) in [5.74, 6) is -1.63. The number of benzene rings is 2. The van der Waals surface area contributed by atoms with Crippen LogP contribution in [-0.2, 0) is 11.2 Å². The quantitative estimate of drug-likeness (QED) is 0.679. The molecule has 1 unspecified atom stereocenters. The van der Waals surface area contributed by atoms with Crippen molar-refractivity contribution in [3.8, 4) is 0 Å². The van der Waals surface area contributed by atoms with Crippen molar-refractivity contribution in [1.29, 1.82) is 0 Å². The summed E-state index contributed by atoms with van der Waals surface area (Å²) < 4.78 is 13.8. The molecule has 0 aliphatic heterocycles. The molecule has 0 aromatic heterocycles. The van der Waals surface area contributed by atoms with Crippen LogP contribution in [0.15, 0.2) is 42.5 Å². The molecule has 2 rings (SSSR count). The summed E-state index contributed by atoms with van der Waals surface area (Å²) in [6, 6.07) is 11.4. The maximum atomic E-state index is 12.9. The first kappa shape index (κ1) is 18.4. The van der Waals surface area contributed by atoms with E-state index in [-0.39, 0.29) is 18.3 Å². The van der Waals surface area contributed by atoms with E-state index >= 15 is 0 Å². The van der Waals surface area contributed by atoms with Gasteiger partial charge in [0.1, 0.15) is 5.82 Å². The minimum absolute atomic E-state index is 0.134. The van der Waals surface area contributed by atoms with E-state index in [9.17, 15) is 14.0 Å². The lowest BCUT2D eigenvalue weighted by atomic mass is 9.98. The zero-order chi connectivity index (χ0) is 17.7. The Kier molecular flexibility index (Phi) is 6.30. The molecule has 3 N–H and O–H groups in total. The molecule has 0 aliphatic rings. The number of aryl methyl sites for hydroxylation is 1. The van der Waals surface area contributed by atoms with Crippen molar-refractivity contribution >= 4 is 34.4 Å². The normalized spacial score (nSPS) is 11.8. The third-order valence-electron chi connectivity index (χ3n) is 3.74. The molecule has 0 fully saturated rings. The Labute approximate surface area is 153 Å². The highest BCUT2D eigenvalue weighted by Crippen LogP contribution is 2.17. The van der Waals surface area contributed by atoms with Gasteiger partial charge in [-0.05, 0) is 65.3 Å². The van der Waals surface area contributed by atoms with Gasteiger partial charge < -0.3 is 11.1 Å². The van der Waals surface area contributed by atoms with Crippen molar-refractivity contribution in [1.82, 2.24) is 5.32 Å². The van der Waals surface area contributed by atoms with Gasteiger partial charge in [0.25, 0.3) is 5.91 Å². The summed E-state index contributed by atoms with van der Waals surface area (Å²) in [6.45, 7) is 2.06. The predicted octanol–water partition coefficient (Wildman–Crippen LogP) is 2.81. The molecule has 2 aromatic carbocycles. The third kappa shape index (κ3) is 4.77. The number of hydrogen-bond donors (Lipinski definition) is 2. The number of primary amides is 1. The van der Waals surface area contributed by atoms with Crippen molar-refractivity contribution in [3.05, 3.63) is 68.5 Å². The van der Waals surface area contributed by atoms with Gasteiger partial charge in [-0.3, -0.25) is 9.59 Å². The Hall–Kier alpha value is -1.96. The second kappa shape index (κ2) is 8.23. The highest BCUT2D eigenvalue weighted by Gasteiger charge is 2.19. The Balaban J connectivity index is 2.03. The second-order valence-electron chi connectivity index (χ2n) is 5.58. The van der Waals surface area contributed by atoms with Crippen LogP contribution in [-0.4, -0.2) is 18.4 Å². The molecule has 0 heterocycles. The summed E-state index contributed by atoms with van der Waals surface area (Å²) in [5.41, 5.74) is 7.80. The largest absolute Gasteiger partial charge is 0.369 e. The lowest BCUT2D eigenvalue weighted by Crippen LogP contribution is -2.37. The summed E-state index contributed by atoms with van der Waals surface area (Å²) in [5, 5.41) is 2.76. The number of amides is 2.